The van der Waals surface area contributed by atoms with Crippen LogP contribution < -0.4 is 5.43 Å². The smallest absolute Gasteiger partial charge is 0.255 e. The Balaban J connectivity index is 1.85. The lowest BCUT2D eigenvalue weighted by Crippen LogP contribution is -2.46. The Labute approximate surface area is 189 Å². The van der Waals surface area contributed by atoms with E-state index in [1.54, 1.807) is 26.0 Å². The van der Waals surface area contributed by atoms with Crippen LogP contribution in [0.2, 0.25) is 0 Å². The van der Waals surface area contributed by atoms with Crippen molar-refractivity contribution in [3.63, 3.8) is 0 Å². The van der Waals surface area contributed by atoms with Gasteiger partial charge in [-0.15, -0.1) is 0 Å². The Morgan fingerprint density at radius 3 is 2.38 bits per heavy atom. The van der Waals surface area contributed by atoms with Crippen LogP contribution in [0.25, 0.3) is 0 Å². The van der Waals surface area contributed by atoms with Crippen LogP contribution in [0.15, 0.2) is 46.4 Å². The maximum absolute atomic E-state index is 13.7. The summed E-state index contributed by atoms with van der Waals surface area (Å²) in [5, 5.41) is 3.82. The summed E-state index contributed by atoms with van der Waals surface area (Å²) in [6.45, 7) is 5.15. The van der Waals surface area contributed by atoms with Gasteiger partial charge in [-0.25, -0.2) is 18.2 Å². The van der Waals surface area contributed by atoms with Crippen molar-refractivity contribution in [3.8, 4) is 0 Å². The molecule has 0 radical (unpaired) electrons. The van der Waals surface area contributed by atoms with Gasteiger partial charge in [-0.05, 0) is 50.8 Å². The third-order valence-corrected chi connectivity index (χ3v) is 7.96. The molecule has 0 spiro atoms. The van der Waals surface area contributed by atoms with Gasteiger partial charge in [0.05, 0.1) is 17.7 Å². The SMILES string of the molecule is Cc1cc(C)c(S(=O)(=O)N(CC(=O)N/N=C/c2ccccc2F)C2CCCCC2)c(C)c1. The van der Waals surface area contributed by atoms with Gasteiger partial charge in [0.15, 0.2) is 0 Å². The molecule has 1 fully saturated rings. The van der Waals surface area contributed by atoms with E-state index >= 15 is 0 Å². The van der Waals surface area contributed by atoms with Gasteiger partial charge in [-0.1, -0.05) is 55.2 Å². The molecular weight excluding hydrogens is 429 g/mol. The molecule has 0 unspecified atom stereocenters. The van der Waals surface area contributed by atoms with Crippen molar-refractivity contribution in [2.75, 3.05) is 6.54 Å². The zero-order valence-electron chi connectivity index (χ0n) is 18.8. The highest BCUT2D eigenvalue weighted by Gasteiger charge is 2.35. The van der Waals surface area contributed by atoms with E-state index in [9.17, 15) is 17.6 Å². The monoisotopic (exact) mass is 459 g/mol. The first-order valence-corrected chi connectivity index (χ1v) is 12.3. The largest absolute Gasteiger partial charge is 0.272 e. The fourth-order valence-electron chi connectivity index (χ4n) is 4.40. The number of nitrogens with one attached hydrogen (secondary N) is 1. The minimum atomic E-state index is -3.90. The van der Waals surface area contributed by atoms with Crippen molar-refractivity contribution in [1.82, 2.24) is 9.73 Å². The number of nitrogens with zero attached hydrogens (tertiary/aromatic N) is 2. The highest BCUT2D eigenvalue weighted by molar-refractivity contribution is 7.89. The van der Waals surface area contributed by atoms with E-state index in [2.05, 4.69) is 10.5 Å². The second-order valence-electron chi connectivity index (χ2n) is 8.38. The molecule has 32 heavy (non-hydrogen) atoms. The van der Waals surface area contributed by atoms with E-state index in [-0.39, 0.29) is 23.0 Å². The number of carbonyl (C=O) groups is 1. The van der Waals surface area contributed by atoms with Crippen LogP contribution >= 0.6 is 0 Å². The summed E-state index contributed by atoms with van der Waals surface area (Å²) in [4.78, 5) is 12.9. The van der Waals surface area contributed by atoms with Crippen LogP contribution in [-0.4, -0.2) is 37.4 Å². The normalized spacial score (nSPS) is 15.4. The van der Waals surface area contributed by atoms with Gasteiger partial charge in [-0.2, -0.15) is 9.41 Å². The van der Waals surface area contributed by atoms with Crippen molar-refractivity contribution in [1.29, 1.82) is 0 Å². The second kappa shape index (κ2) is 10.4. The quantitative estimate of drug-likeness (QED) is 0.497. The Hall–Kier alpha value is -2.58. The molecule has 2 aromatic rings. The molecule has 1 aliphatic rings. The Kier molecular flexibility index (Phi) is 7.79. The van der Waals surface area contributed by atoms with Crippen LogP contribution in [-0.2, 0) is 14.8 Å². The Morgan fingerprint density at radius 2 is 1.75 bits per heavy atom. The number of hydrogen-bond acceptors (Lipinski definition) is 4. The molecule has 1 N–H and O–H groups in total. The van der Waals surface area contributed by atoms with E-state index in [0.29, 0.717) is 11.1 Å². The molecule has 172 valence electrons. The average Bonchev–Trinajstić information content (AvgIpc) is 2.73. The van der Waals surface area contributed by atoms with Crippen LogP contribution in [0.3, 0.4) is 0 Å². The molecule has 2 aromatic carbocycles. The maximum atomic E-state index is 13.7. The van der Waals surface area contributed by atoms with Gasteiger partial charge in [0.1, 0.15) is 5.82 Å². The van der Waals surface area contributed by atoms with Crippen LogP contribution in [0.5, 0.6) is 0 Å². The van der Waals surface area contributed by atoms with Crippen molar-refractivity contribution in [2.45, 2.75) is 63.8 Å². The van der Waals surface area contributed by atoms with Crippen LogP contribution in [0, 0.1) is 26.6 Å². The molecule has 0 saturated heterocycles. The summed E-state index contributed by atoms with van der Waals surface area (Å²) in [6.07, 6.45) is 5.56. The first-order chi connectivity index (χ1) is 15.2. The lowest BCUT2D eigenvalue weighted by molar-refractivity contribution is -0.121. The number of amides is 1. The Morgan fingerprint density at radius 1 is 1.12 bits per heavy atom. The molecule has 8 heteroatoms. The van der Waals surface area contributed by atoms with E-state index < -0.39 is 21.7 Å². The fraction of sp³-hybridized carbons (Fsp3) is 0.417. The number of hydrogen-bond donors (Lipinski definition) is 1. The first kappa shape index (κ1) is 24.1. The van der Waals surface area contributed by atoms with Gasteiger partial charge < -0.3 is 0 Å². The minimum Gasteiger partial charge on any atom is -0.272 e. The number of benzene rings is 2. The summed E-state index contributed by atoms with van der Waals surface area (Å²) in [5.41, 5.74) is 4.90. The average molecular weight is 460 g/mol. The maximum Gasteiger partial charge on any atom is 0.255 e. The minimum absolute atomic E-state index is 0.232. The number of sulfonamides is 1. The number of hydrazone groups is 1. The lowest BCUT2D eigenvalue weighted by atomic mass is 9.95. The number of halogens is 1. The van der Waals surface area contributed by atoms with Crippen molar-refractivity contribution < 1.29 is 17.6 Å². The topological polar surface area (TPSA) is 78.8 Å². The van der Waals surface area contributed by atoms with Gasteiger partial charge in [0, 0.05) is 11.6 Å². The van der Waals surface area contributed by atoms with Gasteiger partial charge in [0.25, 0.3) is 5.91 Å². The first-order valence-electron chi connectivity index (χ1n) is 10.9. The third kappa shape index (κ3) is 5.61. The van der Waals surface area contributed by atoms with E-state index in [0.717, 1.165) is 37.7 Å². The summed E-state index contributed by atoms with van der Waals surface area (Å²) in [7, 11) is -3.90. The number of aryl methyl sites for hydroxylation is 3. The predicted molar refractivity (Wildman–Crippen MR) is 124 cm³/mol. The van der Waals surface area contributed by atoms with Gasteiger partial charge in [-0.3, -0.25) is 4.79 Å². The van der Waals surface area contributed by atoms with E-state index in [1.165, 1.54) is 22.7 Å². The summed E-state index contributed by atoms with van der Waals surface area (Å²) in [5.74, 6) is -1.02. The summed E-state index contributed by atoms with van der Waals surface area (Å²) < 4.78 is 42.5. The molecular formula is C24H30FN3O3S. The molecule has 0 bridgehead atoms. The molecule has 0 heterocycles. The molecule has 1 saturated carbocycles. The highest BCUT2D eigenvalue weighted by atomic mass is 32.2. The molecule has 3 rings (SSSR count). The van der Waals surface area contributed by atoms with Gasteiger partial charge in [0.2, 0.25) is 10.0 Å². The van der Waals surface area contributed by atoms with Crippen molar-refractivity contribution in [2.24, 2.45) is 5.10 Å². The van der Waals surface area contributed by atoms with Crippen LogP contribution in [0.4, 0.5) is 4.39 Å². The predicted octanol–water partition coefficient (Wildman–Crippen LogP) is 4.22. The van der Waals surface area contributed by atoms with Crippen molar-refractivity contribution in [3.05, 3.63) is 64.5 Å². The standard InChI is InChI=1S/C24H30FN3O3S/c1-17-13-18(2)24(19(3)14-17)32(30,31)28(21-10-5-4-6-11-21)16-23(29)27-26-15-20-9-7-8-12-22(20)25/h7-9,12-15,21H,4-6,10-11,16H2,1-3H3,(H,27,29)/b26-15+. The van der Waals surface area contributed by atoms with Crippen molar-refractivity contribution >= 4 is 22.1 Å². The second-order valence-corrected chi connectivity index (χ2v) is 10.2. The van der Waals surface area contributed by atoms with E-state index in [4.69, 9.17) is 0 Å². The highest BCUT2D eigenvalue weighted by Crippen LogP contribution is 2.31. The zero-order valence-corrected chi connectivity index (χ0v) is 19.6. The van der Waals surface area contributed by atoms with E-state index in [1.807, 2.05) is 19.1 Å². The molecule has 1 aliphatic carbocycles. The zero-order chi connectivity index (χ0) is 23.3. The molecule has 0 aromatic heterocycles. The molecule has 0 atom stereocenters. The molecule has 1 amide bonds. The lowest BCUT2D eigenvalue weighted by Gasteiger charge is -2.33. The fourth-order valence-corrected chi connectivity index (χ4v) is 6.46. The number of rotatable bonds is 7. The molecule has 0 aliphatic heterocycles. The van der Waals surface area contributed by atoms with Gasteiger partial charge >= 0.3 is 0 Å². The third-order valence-electron chi connectivity index (χ3n) is 5.75. The molecule has 6 nitrogen and oxygen atoms in total. The summed E-state index contributed by atoms with van der Waals surface area (Å²) in [6, 6.07) is 9.51. The summed E-state index contributed by atoms with van der Waals surface area (Å²) >= 11 is 0. The number of carbonyl (C=O) groups excluding carboxylic acids is 1. The Bertz CT molecular complexity index is 1090. The van der Waals surface area contributed by atoms with Crippen LogP contribution in [0.1, 0.15) is 54.4 Å².